The average Bonchev–Trinajstić information content (AvgIpc) is 1.04. The average molecular weight is 1430 g/mol. The fourth-order valence-electron chi connectivity index (χ4n) is 10.6. The molecule has 19 heteroatoms. The van der Waals surface area contributed by atoms with Gasteiger partial charge in [0, 0.05) is 25.7 Å². The van der Waals surface area contributed by atoms with Crippen molar-refractivity contribution in [2.24, 2.45) is 0 Å². The minimum atomic E-state index is -4.98. The van der Waals surface area contributed by atoms with Crippen molar-refractivity contribution in [1.29, 1.82) is 0 Å². The minimum Gasteiger partial charge on any atom is -0.462 e. The lowest BCUT2D eigenvalue weighted by Gasteiger charge is -2.21. The molecule has 0 aromatic heterocycles. The van der Waals surface area contributed by atoms with Crippen LogP contribution in [0.3, 0.4) is 0 Å². The van der Waals surface area contributed by atoms with Crippen LogP contribution in [0.4, 0.5) is 0 Å². The Labute approximate surface area is 596 Å². The molecular weight excluding hydrogens is 1280 g/mol. The summed E-state index contributed by atoms with van der Waals surface area (Å²) in [5, 5.41) is 10.6. The monoisotopic (exact) mass is 1420 g/mol. The van der Waals surface area contributed by atoms with Crippen LogP contribution in [0.25, 0.3) is 0 Å². The molecule has 0 aromatic rings. The number of phosphoric ester groups is 2. The van der Waals surface area contributed by atoms with E-state index in [0.717, 1.165) is 148 Å². The van der Waals surface area contributed by atoms with E-state index in [9.17, 15) is 43.2 Å². The van der Waals surface area contributed by atoms with E-state index in [-0.39, 0.29) is 25.7 Å². The van der Waals surface area contributed by atoms with E-state index in [2.05, 4.69) is 101 Å². The van der Waals surface area contributed by atoms with Gasteiger partial charge in [-0.2, -0.15) is 0 Å². The zero-order valence-corrected chi connectivity index (χ0v) is 64.0. The van der Waals surface area contributed by atoms with Crippen molar-refractivity contribution < 1.29 is 80.2 Å². The van der Waals surface area contributed by atoms with Gasteiger partial charge in [-0.15, -0.1) is 0 Å². The third-order valence-corrected chi connectivity index (χ3v) is 18.6. The van der Waals surface area contributed by atoms with Crippen LogP contribution in [-0.2, 0) is 65.4 Å². The van der Waals surface area contributed by atoms with E-state index in [1.54, 1.807) is 0 Å². The molecule has 0 saturated carbocycles. The maximum absolute atomic E-state index is 13.1. The Morgan fingerprint density at radius 2 is 0.531 bits per heavy atom. The Bertz CT molecular complexity index is 2140. The molecule has 5 atom stereocenters. The van der Waals surface area contributed by atoms with Gasteiger partial charge in [-0.25, -0.2) is 9.13 Å². The van der Waals surface area contributed by atoms with E-state index in [4.69, 9.17) is 37.0 Å². The van der Waals surface area contributed by atoms with Gasteiger partial charge >= 0.3 is 39.5 Å². The van der Waals surface area contributed by atoms with Crippen molar-refractivity contribution in [3.63, 3.8) is 0 Å². The molecule has 2 unspecified atom stereocenters. The maximum atomic E-state index is 13.1. The summed E-state index contributed by atoms with van der Waals surface area (Å²) in [6, 6.07) is 0. The highest BCUT2D eigenvalue weighted by molar-refractivity contribution is 7.47. The minimum absolute atomic E-state index is 0.0766. The quantitative estimate of drug-likeness (QED) is 0.0128. The molecule has 0 fully saturated rings. The molecule has 0 heterocycles. The van der Waals surface area contributed by atoms with Crippen LogP contribution in [0, 0.1) is 0 Å². The lowest BCUT2D eigenvalue weighted by molar-refractivity contribution is -0.161. The highest BCUT2D eigenvalue weighted by Crippen LogP contribution is 2.45. The number of carbonyl (C=O) groups is 4. The van der Waals surface area contributed by atoms with Crippen LogP contribution >= 0.6 is 15.6 Å². The Hall–Kier alpha value is -3.50. The fourth-order valence-corrected chi connectivity index (χ4v) is 12.2. The summed E-state index contributed by atoms with van der Waals surface area (Å²) < 4.78 is 68.5. The number of unbranched alkanes of at least 4 members (excludes halogenated alkanes) is 38. The second-order valence-corrected chi connectivity index (χ2v) is 29.3. The van der Waals surface area contributed by atoms with Crippen LogP contribution in [0.2, 0.25) is 0 Å². The van der Waals surface area contributed by atoms with Gasteiger partial charge in [-0.3, -0.25) is 37.3 Å². The number of hydrogen-bond donors (Lipinski definition) is 3. The van der Waals surface area contributed by atoms with E-state index < -0.39 is 97.5 Å². The maximum Gasteiger partial charge on any atom is 0.472 e. The third-order valence-electron chi connectivity index (χ3n) is 16.7. The topological polar surface area (TPSA) is 237 Å². The van der Waals surface area contributed by atoms with Gasteiger partial charge in [0.25, 0.3) is 0 Å². The lowest BCUT2D eigenvalue weighted by Crippen LogP contribution is -2.30. The zero-order valence-electron chi connectivity index (χ0n) is 62.2. The molecule has 0 rings (SSSR count). The molecule has 17 nitrogen and oxygen atoms in total. The summed E-state index contributed by atoms with van der Waals surface area (Å²) in [5.41, 5.74) is 0. The van der Waals surface area contributed by atoms with Gasteiger partial charge < -0.3 is 33.8 Å². The van der Waals surface area contributed by atoms with Crippen LogP contribution in [0.1, 0.15) is 349 Å². The van der Waals surface area contributed by atoms with Crippen molar-refractivity contribution in [3.8, 4) is 0 Å². The van der Waals surface area contributed by atoms with E-state index in [0.29, 0.717) is 25.7 Å². The van der Waals surface area contributed by atoms with Crippen molar-refractivity contribution in [2.75, 3.05) is 39.6 Å². The number of phosphoric acid groups is 2. The number of esters is 4. The van der Waals surface area contributed by atoms with Crippen molar-refractivity contribution in [2.45, 2.75) is 367 Å². The van der Waals surface area contributed by atoms with E-state index >= 15 is 0 Å². The van der Waals surface area contributed by atoms with Crippen LogP contribution in [0.15, 0.2) is 72.9 Å². The van der Waals surface area contributed by atoms with Gasteiger partial charge in [-0.05, 0) is 109 Å². The Morgan fingerprint density at radius 3 is 0.847 bits per heavy atom. The zero-order chi connectivity index (χ0) is 71.8. The second-order valence-electron chi connectivity index (χ2n) is 26.4. The third kappa shape index (κ3) is 70.9. The van der Waals surface area contributed by atoms with Gasteiger partial charge in [0.1, 0.15) is 19.3 Å². The number of ether oxygens (including phenoxy) is 4. The molecule has 0 aliphatic carbocycles. The van der Waals surface area contributed by atoms with Gasteiger partial charge in [-0.1, -0.05) is 287 Å². The normalized spacial score (nSPS) is 14.3. The molecule has 0 bridgehead atoms. The molecule has 0 saturated heterocycles. The lowest BCUT2D eigenvalue weighted by atomic mass is 10.0. The first-order valence-electron chi connectivity index (χ1n) is 39.2. The smallest absolute Gasteiger partial charge is 0.462 e. The standard InChI is InChI=1S/C79H142O17P2/c1-5-9-13-17-21-25-29-33-36-40-43-47-51-55-59-63-76(81)89-69-74(95-78(83)65-61-57-53-49-45-39-32-28-24-20-16-12-8-4)71-93-97(85,86)91-67-73(80)68-92-98(87,88)94-72-75(96-79(84)66-62-58-54-50-46-42-38-35-31-27-23-19-15-11-7-3)70-90-77(82)64-60-56-52-48-44-41-37-34-30-26-22-18-14-10-6-2/h22,25-27,29,31,33-38,73-75,80H,5-21,23-24,28,30,32,39-72H2,1-4H3,(H,85,86)(H,87,88)/b26-22-,29-25-,31-27-,36-33-,37-34-,38-35-/t73-,74-,75-/m1/s1. The molecule has 98 heavy (non-hydrogen) atoms. The Kier molecular flexibility index (Phi) is 69.3. The molecule has 0 aliphatic rings. The first kappa shape index (κ1) is 94.5. The number of carbonyl (C=O) groups excluding carboxylic acids is 4. The second kappa shape index (κ2) is 71.9. The van der Waals surface area contributed by atoms with Crippen LogP contribution in [0.5, 0.6) is 0 Å². The Morgan fingerprint density at radius 1 is 0.296 bits per heavy atom. The predicted molar refractivity (Wildman–Crippen MR) is 400 cm³/mol. The highest BCUT2D eigenvalue weighted by atomic mass is 31.2. The van der Waals surface area contributed by atoms with E-state index in [1.807, 2.05) is 0 Å². The largest absolute Gasteiger partial charge is 0.472 e. The molecule has 0 aromatic carbocycles. The van der Waals surface area contributed by atoms with Crippen molar-refractivity contribution >= 4 is 39.5 Å². The number of hydrogen-bond acceptors (Lipinski definition) is 15. The van der Waals surface area contributed by atoms with E-state index in [1.165, 1.54) is 122 Å². The molecule has 0 radical (unpaired) electrons. The summed E-state index contributed by atoms with van der Waals surface area (Å²) in [7, 11) is -9.95. The highest BCUT2D eigenvalue weighted by Gasteiger charge is 2.30. The molecule has 0 amide bonds. The summed E-state index contributed by atoms with van der Waals surface area (Å²) in [6.07, 6.45) is 71.6. The fraction of sp³-hybridized carbons (Fsp3) is 0.797. The van der Waals surface area contributed by atoms with Gasteiger partial charge in [0.2, 0.25) is 0 Å². The molecule has 0 aliphatic heterocycles. The molecule has 570 valence electrons. The van der Waals surface area contributed by atoms with Gasteiger partial charge in [0.15, 0.2) is 12.2 Å². The first-order valence-corrected chi connectivity index (χ1v) is 42.2. The van der Waals surface area contributed by atoms with Crippen LogP contribution < -0.4 is 0 Å². The molecular formula is C79H142O17P2. The summed E-state index contributed by atoms with van der Waals surface area (Å²) >= 11 is 0. The van der Waals surface area contributed by atoms with Crippen molar-refractivity contribution in [3.05, 3.63) is 72.9 Å². The molecule has 3 N–H and O–H groups in total. The predicted octanol–water partition coefficient (Wildman–Crippen LogP) is 22.4. The molecule has 0 spiro atoms. The Balaban J connectivity index is 5.36. The van der Waals surface area contributed by atoms with Gasteiger partial charge in [0.05, 0.1) is 26.4 Å². The first-order chi connectivity index (χ1) is 47.7. The summed E-state index contributed by atoms with van der Waals surface area (Å²) in [4.78, 5) is 72.9. The number of aliphatic hydroxyl groups is 1. The summed E-state index contributed by atoms with van der Waals surface area (Å²) in [6.45, 7) is 4.80. The summed E-state index contributed by atoms with van der Waals surface area (Å²) in [5.74, 6) is -2.20. The van der Waals surface area contributed by atoms with Crippen LogP contribution in [-0.4, -0.2) is 96.7 Å². The number of aliphatic hydroxyl groups excluding tert-OH is 1. The van der Waals surface area contributed by atoms with Crippen molar-refractivity contribution in [1.82, 2.24) is 0 Å². The SMILES string of the molecule is CCCCC/C=C\C/C=C\CCCCCCCC(=O)OC[C@H](COP(=O)(O)OC[C@H](O)COP(=O)(O)OC[C@@H](COC(=O)CCCCCCC/C=C\C=C/CCCCCC)OC(=O)CCCCCCCCCCCCCCC)OC(=O)CCCCCCC/C=C\C=C/CCCCCC. The number of rotatable bonds is 74. The number of allylic oxidation sites excluding steroid dienone is 12.